The molecule has 0 unspecified atom stereocenters. The minimum atomic E-state index is -0.550. The molecule has 0 radical (unpaired) electrons. The second-order valence-corrected chi connectivity index (χ2v) is 3.96. The second kappa shape index (κ2) is 6.04. The van der Waals surface area contributed by atoms with Crippen molar-refractivity contribution in [1.29, 1.82) is 0 Å². The highest BCUT2D eigenvalue weighted by Crippen LogP contribution is 2.16. The number of nitrogens with two attached hydrogens (primary N) is 2. The van der Waals surface area contributed by atoms with Gasteiger partial charge in [0, 0.05) is 13.0 Å². The van der Waals surface area contributed by atoms with Crippen LogP contribution in [0.25, 0.3) is 0 Å². The van der Waals surface area contributed by atoms with Gasteiger partial charge >= 0.3 is 5.97 Å². The first-order valence-corrected chi connectivity index (χ1v) is 5.66. The van der Waals surface area contributed by atoms with E-state index in [9.17, 15) is 9.59 Å². The van der Waals surface area contributed by atoms with E-state index in [4.69, 9.17) is 11.5 Å². The first kappa shape index (κ1) is 14.0. The van der Waals surface area contributed by atoms with Crippen LogP contribution in [0.2, 0.25) is 0 Å². The molecule has 0 aliphatic heterocycles. The first-order valence-electron chi connectivity index (χ1n) is 5.66. The van der Waals surface area contributed by atoms with Gasteiger partial charge in [-0.1, -0.05) is 0 Å². The Labute approximate surface area is 105 Å². The van der Waals surface area contributed by atoms with Crippen molar-refractivity contribution < 1.29 is 14.3 Å². The first-order chi connectivity index (χ1) is 8.47. The van der Waals surface area contributed by atoms with Gasteiger partial charge in [0.25, 0.3) is 0 Å². The Morgan fingerprint density at radius 3 is 2.61 bits per heavy atom. The van der Waals surface area contributed by atoms with Crippen LogP contribution in [0.4, 0.5) is 5.82 Å². The highest BCUT2D eigenvalue weighted by Gasteiger charge is 2.18. The molecule has 0 saturated carbocycles. The fourth-order valence-electron chi connectivity index (χ4n) is 1.68. The monoisotopic (exact) mass is 254 g/mol. The fourth-order valence-corrected chi connectivity index (χ4v) is 1.68. The summed E-state index contributed by atoms with van der Waals surface area (Å²) in [7, 11) is 1.28. The molecule has 1 amide bonds. The van der Waals surface area contributed by atoms with E-state index in [1.807, 2.05) is 0 Å². The SMILES string of the molecule is COC(=O)c1nc(C)n(CCCCC(N)=O)c1N. The van der Waals surface area contributed by atoms with E-state index < -0.39 is 5.97 Å². The number of carbonyl (C=O) groups is 2. The van der Waals surface area contributed by atoms with Crippen LogP contribution in [-0.2, 0) is 16.1 Å². The third-order valence-corrected chi connectivity index (χ3v) is 2.63. The number of hydrogen-bond donors (Lipinski definition) is 2. The number of imidazole rings is 1. The second-order valence-electron chi connectivity index (χ2n) is 3.96. The molecule has 1 heterocycles. The van der Waals surface area contributed by atoms with Crippen molar-refractivity contribution in [2.45, 2.75) is 32.7 Å². The van der Waals surface area contributed by atoms with Crippen LogP contribution in [0.3, 0.4) is 0 Å². The van der Waals surface area contributed by atoms with Crippen LogP contribution in [0.15, 0.2) is 0 Å². The highest BCUT2D eigenvalue weighted by atomic mass is 16.5. The molecule has 0 aromatic carbocycles. The molecule has 4 N–H and O–H groups in total. The van der Waals surface area contributed by atoms with E-state index >= 15 is 0 Å². The number of amides is 1. The summed E-state index contributed by atoms with van der Waals surface area (Å²) in [5, 5.41) is 0. The molecule has 0 bridgehead atoms. The Hall–Kier alpha value is -2.05. The van der Waals surface area contributed by atoms with Crippen molar-refractivity contribution in [1.82, 2.24) is 9.55 Å². The molecule has 0 atom stereocenters. The van der Waals surface area contributed by atoms with Crippen LogP contribution in [0.5, 0.6) is 0 Å². The van der Waals surface area contributed by atoms with Crippen LogP contribution in [0, 0.1) is 6.92 Å². The van der Waals surface area contributed by atoms with Gasteiger partial charge in [-0.05, 0) is 19.8 Å². The number of carbonyl (C=O) groups excluding carboxylic acids is 2. The van der Waals surface area contributed by atoms with Gasteiger partial charge in [-0.25, -0.2) is 9.78 Å². The summed E-state index contributed by atoms with van der Waals surface area (Å²) in [4.78, 5) is 26.0. The van der Waals surface area contributed by atoms with E-state index in [0.29, 0.717) is 31.0 Å². The average Bonchev–Trinajstić information content (AvgIpc) is 2.60. The summed E-state index contributed by atoms with van der Waals surface area (Å²) in [6.45, 7) is 2.35. The zero-order chi connectivity index (χ0) is 13.7. The predicted octanol–water partition coefficient (Wildman–Crippen LogP) is 0.216. The Balaban J connectivity index is 2.69. The molecule has 0 aliphatic carbocycles. The van der Waals surface area contributed by atoms with E-state index in [2.05, 4.69) is 9.72 Å². The van der Waals surface area contributed by atoms with Gasteiger partial charge in [0.05, 0.1) is 7.11 Å². The number of aromatic nitrogens is 2. The minimum absolute atomic E-state index is 0.130. The number of hydrogen-bond acceptors (Lipinski definition) is 5. The van der Waals surface area contributed by atoms with Crippen molar-refractivity contribution >= 4 is 17.7 Å². The molecule has 18 heavy (non-hydrogen) atoms. The maximum absolute atomic E-state index is 11.4. The topological polar surface area (TPSA) is 113 Å². The van der Waals surface area contributed by atoms with E-state index in [0.717, 1.165) is 6.42 Å². The number of unbranched alkanes of at least 4 members (excludes halogenated alkanes) is 1. The fraction of sp³-hybridized carbons (Fsp3) is 0.545. The van der Waals surface area contributed by atoms with Gasteiger partial charge < -0.3 is 20.8 Å². The third-order valence-electron chi connectivity index (χ3n) is 2.63. The maximum atomic E-state index is 11.4. The molecule has 0 spiro atoms. The smallest absolute Gasteiger partial charge is 0.360 e. The number of nitrogen functional groups attached to an aromatic ring is 1. The Morgan fingerprint density at radius 1 is 1.39 bits per heavy atom. The largest absolute Gasteiger partial charge is 0.464 e. The quantitative estimate of drug-likeness (QED) is 0.556. The number of primary amides is 1. The van der Waals surface area contributed by atoms with Crippen LogP contribution in [0.1, 0.15) is 35.6 Å². The number of rotatable bonds is 6. The third kappa shape index (κ3) is 3.22. The molecular weight excluding hydrogens is 236 g/mol. The summed E-state index contributed by atoms with van der Waals surface area (Å²) in [5.41, 5.74) is 11.0. The van der Waals surface area contributed by atoms with Gasteiger partial charge in [0.1, 0.15) is 11.6 Å². The molecule has 1 aromatic rings. The standard InChI is InChI=1S/C11H18N4O3/c1-7-14-9(11(17)18-2)10(13)15(7)6-4-3-5-8(12)16/h3-6,13H2,1-2H3,(H2,12,16). The lowest BCUT2D eigenvalue weighted by Gasteiger charge is -2.06. The highest BCUT2D eigenvalue weighted by molar-refractivity contribution is 5.92. The molecule has 1 rings (SSSR count). The van der Waals surface area contributed by atoms with Gasteiger partial charge in [-0.3, -0.25) is 4.79 Å². The average molecular weight is 254 g/mol. The number of aryl methyl sites for hydroxylation is 1. The normalized spacial score (nSPS) is 10.3. The lowest BCUT2D eigenvalue weighted by atomic mass is 10.2. The number of esters is 1. The molecule has 1 aromatic heterocycles. The van der Waals surface area contributed by atoms with Gasteiger partial charge in [0.2, 0.25) is 5.91 Å². The van der Waals surface area contributed by atoms with E-state index in [-0.39, 0.29) is 11.6 Å². The van der Waals surface area contributed by atoms with Crippen LogP contribution in [-0.4, -0.2) is 28.5 Å². The van der Waals surface area contributed by atoms with E-state index in [1.54, 1.807) is 11.5 Å². The van der Waals surface area contributed by atoms with Crippen molar-refractivity contribution in [2.75, 3.05) is 12.8 Å². The summed E-state index contributed by atoms with van der Waals surface area (Å²) in [6, 6.07) is 0. The van der Waals surface area contributed by atoms with Gasteiger partial charge in [0.15, 0.2) is 5.69 Å². The Kier molecular flexibility index (Phi) is 4.70. The maximum Gasteiger partial charge on any atom is 0.360 e. The molecule has 0 fully saturated rings. The Bertz CT molecular complexity index is 453. The number of ether oxygens (including phenoxy) is 1. The molecule has 0 aliphatic rings. The van der Waals surface area contributed by atoms with Crippen molar-refractivity contribution in [3.63, 3.8) is 0 Å². The Morgan fingerprint density at radius 2 is 2.06 bits per heavy atom. The number of nitrogens with zero attached hydrogens (tertiary/aromatic N) is 2. The molecular formula is C11H18N4O3. The molecule has 7 nitrogen and oxygen atoms in total. The van der Waals surface area contributed by atoms with Crippen molar-refractivity contribution in [3.8, 4) is 0 Å². The summed E-state index contributed by atoms with van der Waals surface area (Å²) >= 11 is 0. The zero-order valence-electron chi connectivity index (χ0n) is 10.6. The summed E-state index contributed by atoms with van der Waals surface area (Å²) < 4.78 is 6.32. The van der Waals surface area contributed by atoms with Crippen LogP contribution < -0.4 is 11.5 Å². The van der Waals surface area contributed by atoms with Gasteiger partial charge in [-0.2, -0.15) is 0 Å². The van der Waals surface area contributed by atoms with Crippen LogP contribution >= 0.6 is 0 Å². The summed E-state index contributed by atoms with van der Waals surface area (Å²) in [5.74, 6) is 0.0671. The number of anilines is 1. The van der Waals surface area contributed by atoms with E-state index in [1.165, 1.54) is 7.11 Å². The van der Waals surface area contributed by atoms with Crippen molar-refractivity contribution in [2.24, 2.45) is 5.73 Å². The minimum Gasteiger partial charge on any atom is -0.464 e. The molecule has 100 valence electrons. The molecule has 0 saturated heterocycles. The zero-order valence-corrected chi connectivity index (χ0v) is 10.6. The van der Waals surface area contributed by atoms with Gasteiger partial charge in [-0.15, -0.1) is 0 Å². The lowest BCUT2D eigenvalue weighted by Crippen LogP contribution is -2.11. The lowest BCUT2D eigenvalue weighted by molar-refractivity contribution is -0.118. The predicted molar refractivity (Wildman–Crippen MR) is 65.8 cm³/mol. The van der Waals surface area contributed by atoms with Crippen molar-refractivity contribution in [3.05, 3.63) is 11.5 Å². The molecule has 7 heteroatoms. The number of methoxy groups -OCH3 is 1. The summed E-state index contributed by atoms with van der Waals surface area (Å²) in [6.07, 6.45) is 1.77.